The molecule has 3 aromatic heterocycles. The first kappa shape index (κ1) is 18.7. The summed E-state index contributed by atoms with van der Waals surface area (Å²) >= 11 is 0. The number of azo groups is 1. The van der Waals surface area contributed by atoms with Crippen LogP contribution in [0.3, 0.4) is 0 Å². The molecule has 12 nitrogen and oxygen atoms in total. The SMILES string of the molecule is Cc1nn(-c2ncccn2)c(N=Nc2c(N)[nH]n(-c3ccccc3)c2=O)c1C(=O)O. The number of aryl methyl sites for hydroxylation is 1. The van der Waals surface area contributed by atoms with E-state index >= 15 is 0 Å². The number of nitrogens with two attached hydrogens (primary N) is 1. The van der Waals surface area contributed by atoms with E-state index in [1.807, 2.05) is 6.07 Å². The van der Waals surface area contributed by atoms with Gasteiger partial charge in [0.25, 0.3) is 5.95 Å². The molecule has 0 bridgehead atoms. The van der Waals surface area contributed by atoms with Crippen LogP contribution in [0.4, 0.5) is 17.3 Å². The van der Waals surface area contributed by atoms with Crippen molar-refractivity contribution >= 4 is 23.3 Å². The molecule has 0 saturated heterocycles. The molecule has 0 spiro atoms. The minimum atomic E-state index is -1.26. The van der Waals surface area contributed by atoms with Crippen LogP contribution in [0.25, 0.3) is 11.6 Å². The number of nitrogens with one attached hydrogen (secondary N) is 1. The van der Waals surface area contributed by atoms with Gasteiger partial charge in [-0.05, 0) is 25.1 Å². The molecule has 4 aromatic rings. The van der Waals surface area contributed by atoms with Crippen LogP contribution >= 0.6 is 0 Å². The smallest absolute Gasteiger partial charge is 0.341 e. The lowest BCUT2D eigenvalue weighted by Gasteiger charge is -2.00. The number of H-pyrrole nitrogens is 1. The fraction of sp³-hybridized carbons (Fsp3) is 0.0556. The average molecular weight is 405 g/mol. The molecule has 30 heavy (non-hydrogen) atoms. The van der Waals surface area contributed by atoms with Crippen molar-refractivity contribution in [1.82, 2.24) is 29.5 Å². The monoisotopic (exact) mass is 405 g/mol. The van der Waals surface area contributed by atoms with Gasteiger partial charge in [0.1, 0.15) is 11.4 Å². The minimum Gasteiger partial charge on any atom is -0.477 e. The summed E-state index contributed by atoms with van der Waals surface area (Å²) in [6, 6.07) is 10.4. The van der Waals surface area contributed by atoms with Crippen LogP contribution < -0.4 is 11.3 Å². The van der Waals surface area contributed by atoms with Gasteiger partial charge in [0.15, 0.2) is 11.5 Å². The Morgan fingerprint density at radius 1 is 1.13 bits per heavy atom. The highest BCUT2D eigenvalue weighted by atomic mass is 16.4. The Bertz CT molecular complexity index is 1300. The zero-order chi connectivity index (χ0) is 21.3. The van der Waals surface area contributed by atoms with E-state index in [1.165, 1.54) is 24.0 Å². The highest BCUT2D eigenvalue weighted by molar-refractivity contribution is 5.94. The summed E-state index contributed by atoms with van der Waals surface area (Å²) in [5.74, 6) is -1.32. The van der Waals surface area contributed by atoms with E-state index in [4.69, 9.17) is 5.73 Å². The molecule has 0 aliphatic heterocycles. The summed E-state index contributed by atoms with van der Waals surface area (Å²) in [7, 11) is 0. The molecule has 0 unspecified atom stereocenters. The molecule has 0 atom stereocenters. The number of hydrogen-bond donors (Lipinski definition) is 3. The highest BCUT2D eigenvalue weighted by Gasteiger charge is 2.24. The first-order valence-electron chi connectivity index (χ1n) is 8.65. The van der Waals surface area contributed by atoms with Gasteiger partial charge < -0.3 is 10.8 Å². The second-order valence-corrected chi connectivity index (χ2v) is 6.10. The zero-order valence-corrected chi connectivity index (χ0v) is 15.6. The fourth-order valence-electron chi connectivity index (χ4n) is 2.80. The number of aromatic amines is 1. The molecule has 0 aliphatic rings. The highest BCUT2D eigenvalue weighted by Crippen LogP contribution is 2.27. The van der Waals surface area contributed by atoms with Crippen LogP contribution in [-0.2, 0) is 0 Å². The van der Waals surface area contributed by atoms with E-state index in [0.717, 1.165) is 4.68 Å². The van der Waals surface area contributed by atoms with Crippen molar-refractivity contribution in [2.45, 2.75) is 6.92 Å². The molecule has 0 saturated carbocycles. The lowest BCUT2D eigenvalue weighted by molar-refractivity contribution is 0.0697. The third-order valence-electron chi connectivity index (χ3n) is 4.14. The van der Waals surface area contributed by atoms with Crippen LogP contribution in [0.1, 0.15) is 16.1 Å². The normalized spacial score (nSPS) is 11.2. The maximum absolute atomic E-state index is 12.7. The number of hydrogen-bond acceptors (Lipinski definition) is 8. The minimum absolute atomic E-state index is 0.0248. The first-order valence-corrected chi connectivity index (χ1v) is 8.65. The number of para-hydroxylation sites is 1. The fourth-order valence-corrected chi connectivity index (χ4v) is 2.80. The Kier molecular flexibility index (Phi) is 4.64. The Labute approximate surface area is 168 Å². The van der Waals surface area contributed by atoms with Gasteiger partial charge in [0, 0.05) is 12.4 Å². The molecule has 0 radical (unpaired) electrons. The van der Waals surface area contributed by atoms with Crippen molar-refractivity contribution in [2.24, 2.45) is 10.2 Å². The molecular weight excluding hydrogens is 390 g/mol. The average Bonchev–Trinajstić information content (AvgIpc) is 3.23. The third kappa shape index (κ3) is 3.22. The van der Waals surface area contributed by atoms with Gasteiger partial charge >= 0.3 is 11.5 Å². The molecule has 0 fully saturated rings. The van der Waals surface area contributed by atoms with Crippen LogP contribution in [0.15, 0.2) is 63.8 Å². The Morgan fingerprint density at radius 2 is 1.83 bits per heavy atom. The van der Waals surface area contributed by atoms with Crippen LogP contribution in [0, 0.1) is 6.92 Å². The number of carboxylic acid groups (broad SMARTS) is 1. The van der Waals surface area contributed by atoms with Gasteiger partial charge in [-0.1, -0.05) is 18.2 Å². The second-order valence-electron chi connectivity index (χ2n) is 6.10. The van der Waals surface area contributed by atoms with E-state index in [1.54, 1.807) is 30.3 Å². The Balaban J connectivity index is 1.83. The van der Waals surface area contributed by atoms with Gasteiger partial charge in [-0.2, -0.15) is 9.78 Å². The Morgan fingerprint density at radius 3 is 2.50 bits per heavy atom. The van der Waals surface area contributed by atoms with Crippen LogP contribution in [-0.4, -0.2) is 40.6 Å². The maximum atomic E-state index is 12.7. The Hall–Kier alpha value is -4.61. The zero-order valence-electron chi connectivity index (χ0n) is 15.6. The van der Waals surface area contributed by atoms with Gasteiger partial charge in [-0.3, -0.25) is 9.89 Å². The molecule has 4 N–H and O–H groups in total. The number of aromatic carboxylic acids is 1. The molecule has 0 amide bonds. The molecule has 0 aliphatic carbocycles. The van der Waals surface area contributed by atoms with E-state index in [2.05, 4.69) is 30.4 Å². The summed E-state index contributed by atoms with van der Waals surface area (Å²) < 4.78 is 2.35. The molecular formula is C18H15N9O3. The maximum Gasteiger partial charge on any atom is 0.341 e. The molecule has 3 heterocycles. The number of nitrogen functional groups attached to an aromatic ring is 1. The van der Waals surface area contributed by atoms with Crippen molar-refractivity contribution in [3.05, 3.63) is 70.4 Å². The molecule has 4 rings (SSSR count). The van der Waals surface area contributed by atoms with Gasteiger partial charge in [0.05, 0.1) is 11.4 Å². The van der Waals surface area contributed by atoms with Crippen molar-refractivity contribution < 1.29 is 9.90 Å². The summed E-state index contributed by atoms with van der Waals surface area (Å²) in [5.41, 5.74) is 5.74. The van der Waals surface area contributed by atoms with Crippen molar-refractivity contribution in [1.29, 1.82) is 0 Å². The van der Waals surface area contributed by atoms with E-state index in [-0.39, 0.29) is 34.5 Å². The molecule has 1 aromatic carbocycles. The van der Waals surface area contributed by atoms with E-state index in [9.17, 15) is 14.7 Å². The second kappa shape index (κ2) is 7.43. The van der Waals surface area contributed by atoms with Gasteiger partial charge in [-0.25, -0.2) is 19.4 Å². The molecule has 150 valence electrons. The van der Waals surface area contributed by atoms with Crippen LogP contribution in [0.5, 0.6) is 0 Å². The number of rotatable bonds is 5. The van der Waals surface area contributed by atoms with Gasteiger partial charge in [-0.15, -0.1) is 10.2 Å². The standard InChI is InChI=1S/C18H15N9O3/c1-10-12(17(29)30)15(27(24-10)18-20-8-5-9-21-18)23-22-13-14(19)25-26(16(13)28)11-6-3-2-4-7-11/h2-9,25H,19H2,1H3,(H,29,30). The number of carbonyl (C=O) groups is 1. The lowest BCUT2D eigenvalue weighted by Crippen LogP contribution is -2.13. The van der Waals surface area contributed by atoms with Crippen molar-refractivity contribution in [3.8, 4) is 11.6 Å². The van der Waals surface area contributed by atoms with Crippen molar-refractivity contribution in [3.63, 3.8) is 0 Å². The van der Waals surface area contributed by atoms with E-state index in [0.29, 0.717) is 5.69 Å². The lowest BCUT2D eigenvalue weighted by atomic mass is 10.2. The third-order valence-corrected chi connectivity index (χ3v) is 4.14. The largest absolute Gasteiger partial charge is 0.477 e. The van der Waals surface area contributed by atoms with Crippen LogP contribution in [0.2, 0.25) is 0 Å². The first-order chi connectivity index (χ1) is 14.5. The summed E-state index contributed by atoms with van der Waals surface area (Å²) in [4.78, 5) is 32.6. The number of anilines is 1. The number of carboxylic acids is 1. The van der Waals surface area contributed by atoms with E-state index < -0.39 is 11.5 Å². The van der Waals surface area contributed by atoms with Gasteiger partial charge in [0.2, 0.25) is 0 Å². The number of aromatic nitrogens is 6. The molecule has 12 heteroatoms. The predicted octanol–water partition coefficient (Wildman–Crippen LogP) is 2.15. The number of nitrogens with zero attached hydrogens (tertiary/aromatic N) is 7. The quantitative estimate of drug-likeness (QED) is 0.427. The summed E-state index contributed by atoms with van der Waals surface area (Å²) in [5, 5.41) is 24.3. The number of benzene rings is 1. The van der Waals surface area contributed by atoms with Crippen molar-refractivity contribution in [2.75, 3.05) is 5.73 Å². The summed E-state index contributed by atoms with van der Waals surface area (Å²) in [6.45, 7) is 1.51. The topological polar surface area (TPSA) is 169 Å². The predicted molar refractivity (Wildman–Crippen MR) is 106 cm³/mol. The summed E-state index contributed by atoms with van der Waals surface area (Å²) in [6.07, 6.45) is 2.95.